The van der Waals surface area contributed by atoms with Gasteiger partial charge in [0.2, 0.25) is 5.82 Å². The first-order valence-corrected chi connectivity index (χ1v) is 3.76. The molecule has 0 unspecified atom stereocenters. The highest BCUT2D eigenvalue weighted by Gasteiger charge is 2.12. The second kappa shape index (κ2) is 4.18. The summed E-state index contributed by atoms with van der Waals surface area (Å²) in [6.45, 7) is 2.01. The number of halogens is 1. The molecule has 0 amide bonds. The van der Waals surface area contributed by atoms with Crippen molar-refractivity contribution in [3.05, 3.63) is 23.9 Å². The normalized spacial score (nSPS) is 10.7. The summed E-state index contributed by atoms with van der Waals surface area (Å²) in [6, 6.07) is 6.10. The highest BCUT2D eigenvalue weighted by Crippen LogP contribution is 2.12. The van der Waals surface area contributed by atoms with Gasteiger partial charge in [0.25, 0.3) is 0 Å². The molecule has 0 N–H and O–H groups in total. The molecule has 0 spiro atoms. The van der Waals surface area contributed by atoms with Crippen LogP contribution in [-0.2, 0) is 0 Å². The van der Waals surface area contributed by atoms with Crippen LogP contribution in [0.15, 0.2) is 18.2 Å². The number of aryl methyl sites for hydroxylation is 1. The number of hydrogen-bond donors (Lipinski definition) is 0. The van der Waals surface area contributed by atoms with E-state index in [-0.39, 0.29) is 24.0 Å². The number of nitrogens with zero attached hydrogens (tertiary/aromatic N) is 2. The predicted molar refractivity (Wildman–Crippen MR) is 48.5 cm³/mol. The molecule has 3 heteroatoms. The number of rotatable bonds is 1. The molecule has 1 aromatic rings. The van der Waals surface area contributed by atoms with Crippen LogP contribution < -0.4 is 28.5 Å². The molecular weight excluding hydrogens is 263 g/mol. The summed E-state index contributed by atoms with van der Waals surface area (Å²) in [7, 11) is 6.34. The van der Waals surface area contributed by atoms with Crippen molar-refractivity contribution in [3.63, 3.8) is 0 Å². The maximum atomic E-state index is 4.42. The second-order valence-electron chi connectivity index (χ2n) is 3.65. The van der Waals surface area contributed by atoms with E-state index in [9.17, 15) is 0 Å². The summed E-state index contributed by atoms with van der Waals surface area (Å²) in [4.78, 5) is 4.42. The molecule has 0 aliphatic rings. The molecule has 0 atom stereocenters. The van der Waals surface area contributed by atoms with Crippen LogP contribution in [0.2, 0.25) is 0 Å². The summed E-state index contributed by atoms with van der Waals surface area (Å²) in [6.07, 6.45) is 0. The Kier molecular flexibility index (Phi) is 4.13. The van der Waals surface area contributed by atoms with Gasteiger partial charge in [0.15, 0.2) is 0 Å². The molecule has 0 radical (unpaired) electrons. The van der Waals surface area contributed by atoms with Crippen LogP contribution >= 0.6 is 0 Å². The Hall–Kier alpha value is -0.160. The average Bonchev–Trinajstić information content (AvgIpc) is 1.86. The van der Waals surface area contributed by atoms with Gasteiger partial charge in [-0.1, -0.05) is 6.07 Å². The summed E-state index contributed by atoms with van der Waals surface area (Å²) < 4.78 is 0.779. The molecule has 1 aromatic heterocycles. The molecular formula is C9H15IN2. The zero-order chi connectivity index (χ0) is 8.48. The molecule has 0 bridgehead atoms. The van der Waals surface area contributed by atoms with E-state index in [2.05, 4.69) is 26.1 Å². The van der Waals surface area contributed by atoms with Crippen molar-refractivity contribution in [3.8, 4) is 0 Å². The van der Waals surface area contributed by atoms with Crippen molar-refractivity contribution in [1.29, 1.82) is 0 Å². The van der Waals surface area contributed by atoms with E-state index in [0.717, 1.165) is 16.0 Å². The lowest BCUT2D eigenvalue weighted by atomic mass is 10.3. The molecule has 0 aromatic carbocycles. The van der Waals surface area contributed by atoms with Crippen LogP contribution in [-0.4, -0.2) is 26.1 Å². The van der Waals surface area contributed by atoms with Crippen LogP contribution in [0, 0.1) is 6.92 Å². The minimum absolute atomic E-state index is 0. The zero-order valence-corrected chi connectivity index (χ0v) is 10.2. The van der Waals surface area contributed by atoms with Crippen molar-refractivity contribution in [1.82, 2.24) is 9.47 Å². The Morgan fingerprint density at radius 1 is 1.17 bits per heavy atom. The minimum Gasteiger partial charge on any atom is -1.00 e. The van der Waals surface area contributed by atoms with Gasteiger partial charge < -0.3 is 24.0 Å². The third kappa shape index (κ3) is 3.06. The van der Waals surface area contributed by atoms with E-state index in [1.165, 1.54) is 0 Å². The van der Waals surface area contributed by atoms with E-state index in [0.29, 0.717) is 0 Å². The van der Waals surface area contributed by atoms with Crippen molar-refractivity contribution in [2.45, 2.75) is 6.92 Å². The summed E-state index contributed by atoms with van der Waals surface area (Å²) in [5.74, 6) is 1.10. The van der Waals surface area contributed by atoms with Crippen LogP contribution in [0.3, 0.4) is 0 Å². The SMILES string of the molecule is Cc1cccc([N+](C)(C)C)n1.[I-]. The van der Waals surface area contributed by atoms with E-state index >= 15 is 0 Å². The van der Waals surface area contributed by atoms with Crippen LogP contribution in [0.4, 0.5) is 5.82 Å². The van der Waals surface area contributed by atoms with E-state index < -0.39 is 0 Å². The van der Waals surface area contributed by atoms with Crippen LogP contribution in [0.25, 0.3) is 0 Å². The zero-order valence-electron chi connectivity index (χ0n) is 8.00. The Balaban J connectivity index is 0.00000121. The van der Waals surface area contributed by atoms with E-state index in [4.69, 9.17) is 0 Å². The van der Waals surface area contributed by atoms with Crippen molar-refractivity contribution < 1.29 is 24.0 Å². The first kappa shape index (κ1) is 11.8. The van der Waals surface area contributed by atoms with Gasteiger partial charge in [0, 0.05) is 11.8 Å². The van der Waals surface area contributed by atoms with Crippen molar-refractivity contribution in [2.75, 3.05) is 21.1 Å². The Bertz CT molecular complexity index is 253. The third-order valence-corrected chi connectivity index (χ3v) is 1.56. The summed E-state index contributed by atoms with van der Waals surface area (Å²) in [5, 5.41) is 0. The minimum atomic E-state index is 0. The molecule has 1 rings (SSSR count). The predicted octanol–water partition coefficient (Wildman–Crippen LogP) is -1.41. The average molecular weight is 278 g/mol. The first-order valence-electron chi connectivity index (χ1n) is 3.76. The van der Waals surface area contributed by atoms with E-state index in [1.807, 2.05) is 25.1 Å². The van der Waals surface area contributed by atoms with Crippen molar-refractivity contribution in [2.24, 2.45) is 0 Å². The molecule has 0 fully saturated rings. The number of hydrogen-bond acceptors (Lipinski definition) is 1. The Morgan fingerprint density at radius 2 is 1.75 bits per heavy atom. The van der Waals surface area contributed by atoms with Gasteiger partial charge in [-0.05, 0) is 13.0 Å². The Labute approximate surface area is 91.2 Å². The summed E-state index contributed by atoms with van der Waals surface area (Å²) >= 11 is 0. The van der Waals surface area contributed by atoms with Gasteiger partial charge in [0.1, 0.15) is 0 Å². The largest absolute Gasteiger partial charge is 1.00 e. The monoisotopic (exact) mass is 278 g/mol. The summed E-state index contributed by atoms with van der Waals surface area (Å²) in [5.41, 5.74) is 1.08. The fraction of sp³-hybridized carbons (Fsp3) is 0.444. The van der Waals surface area contributed by atoms with E-state index in [1.54, 1.807) is 0 Å². The second-order valence-corrected chi connectivity index (χ2v) is 3.65. The van der Waals surface area contributed by atoms with Gasteiger partial charge >= 0.3 is 0 Å². The lowest BCUT2D eigenvalue weighted by Crippen LogP contribution is -3.00. The lowest BCUT2D eigenvalue weighted by Gasteiger charge is -2.21. The fourth-order valence-corrected chi connectivity index (χ4v) is 0.902. The highest BCUT2D eigenvalue weighted by atomic mass is 127. The van der Waals surface area contributed by atoms with Crippen LogP contribution in [0.5, 0.6) is 0 Å². The lowest BCUT2D eigenvalue weighted by molar-refractivity contribution is -0.00000274. The molecule has 12 heavy (non-hydrogen) atoms. The number of quaternary nitrogens is 1. The highest BCUT2D eigenvalue weighted by molar-refractivity contribution is 5.32. The maximum Gasteiger partial charge on any atom is 0.227 e. The van der Waals surface area contributed by atoms with Gasteiger partial charge in [-0.3, -0.25) is 4.48 Å². The molecule has 2 nitrogen and oxygen atoms in total. The first-order chi connectivity index (χ1) is 5.00. The molecule has 0 saturated carbocycles. The molecule has 1 heterocycles. The molecule has 0 saturated heterocycles. The van der Waals surface area contributed by atoms with Crippen LogP contribution in [0.1, 0.15) is 5.69 Å². The number of aromatic nitrogens is 1. The molecule has 0 aliphatic carbocycles. The number of pyridine rings is 1. The standard InChI is InChI=1S/C9H15N2.HI/c1-8-6-5-7-9(10-8)11(2,3)4;/h5-7H,1-4H3;1H/q+1;/p-1. The Morgan fingerprint density at radius 3 is 2.08 bits per heavy atom. The third-order valence-electron chi connectivity index (χ3n) is 1.56. The smallest absolute Gasteiger partial charge is 0.227 e. The molecule has 0 aliphatic heterocycles. The van der Waals surface area contributed by atoms with Gasteiger partial charge in [-0.15, -0.1) is 0 Å². The topological polar surface area (TPSA) is 12.9 Å². The maximum absolute atomic E-state index is 4.42. The fourth-order valence-electron chi connectivity index (χ4n) is 0.902. The van der Waals surface area contributed by atoms with Gasteiger partial charge in [-0.2, -0.15) is 0 Å². The van der Waals surface area contributed by atoms with Crippen molar-refractivity contribution >= 4 is 5.82 Å². The van der Waals surface area contributed by atoms with Gasteiger partial charge in [-0.25, -0.2) is 4.98 Å². The van der Waals surface area contributed by atoms with Gasteiger partial charge in [0.05, 0.1) is 21.1 Å². The molecule has 68 valence electrons. The quantitative estimate of drug-likeness (QED) is 0.454.